The molecule has 0 aliphatic rings. The van der Waals surface area contributed by atoms with E-state index in [9.17, 15) is 4.79 Å². The number of aliphatic imine (C=N–C) groups is 1. The normalized spacial score (nSPS) is 11.6. The van der Waals surface area contributed by atoms with Gasteiger partial charge in [0.1, 0.15) is 5.75 Å². The van der Waals surface area contributed by atoms with E-state index >= 15 is 0 Å². The summed E-state index contributed by atoms with van der Waals surface area (Å²) in [7, 11) is 1.66. The zero-order valence-corrected chi connectivity index (χ0v) is 14.6. The van der Waals surface area contributed by atoms with Gasteiger partial charge in [0.05, 0.1) is 5.70 Å². The molecule has 4 nitrogen and oxygen atoms in total. The number of para-hydroxylation sites is 1. The molecule has 0 unspecified atom stereocenters. The quantitative estimate of drug-likeness (QED) is 0.695. The van der Waals surface area contributed by atoms with Gasteiger partial charge >= 0.3 is 6.09 Å². The van der Waals surface area contributed by atoms with Gasteiger partial charge in [-0.3, -0.25) is 9.89 Å². The van der Waals surface area contributed by atoms with Crippen molar-refractivity contribution in [1.29, 1.82) is 0 Å². The number of carbonyl (C=O) groups is 1. The number of carbonyl (C=O) groups excluding carboxylic acids is 1. The zero-order chi connectivity index (χ0) is 17.5. The minimum absolute atomic E-state index is 0.408. The average Bonchev–Trinajstić information content (AvgIpc) is 2.61. The third kappa shape index (κ3) is 4.24. The van der Waals surface area contributed by atoms with Gasteiger partial charge in [0.25, 0.3) is 0 Å². The Hall–Kier alpha value is -2.59. The number of ether oxygens (including phenoxy) is 1. The molecule has 0 aromatic heterocycles. The molecule has 2 aromatic rings. The first-order chi connectivity index (χ1) is 11.6. The van der Waals surface area contributed by atoms with Crippen molar-refractivity contribution in [3.8, 4) is 5.75 Å². The minimum Gasteiger partial charge on any atom is -0.409 e. The van der Waals surface area contributed by atoms with Gasteiger partial charge in [-0.1, -0.05) is 35.9 Å². The Kier molecular flexibility index (Phi) is 6.15. The van der Waals surface area contributed by atoms with Crippen LogP contribution in [0.4, 0.5) is 10.5 Å². The van der Waals surface area contributed by atoms with E-state index in [1.807, 2.05) is 50.3 Å². The van der Waals surface area contributed by atoms with Crippen molar-refractivity contribution in [3.63, 3.8) is 0 Å². The van der Waals surface area contributed by atoms with Gasteiger partial charge in [-0.25, -0.2) is 4.79 Å². The third-order valence-corrected chi connectivity index (χ3v) is 3.61. The lowest BCUT2D eigenvalue weighted by Gasteiger charge is -2.18. The number of nitrogens with zero attached hydrogens (tertiary/aromatic N) is 2. The van der Waals surface area contributed by atoms with Crippen LogP contribution in [0.1, 0.15) is 19.4 Å². The second-order valence-electron chi connectivity index (χ2n) is 4.96. The lowest BCUT2D eigenvalue weighted by Crippen LogP contribution is -2.29. The molecule has 124 valence electrons. The second-order valence-corrected chi connectivity index (χ2v) is 5.40. The number of anilines is 1. The van der Waals surface area contributed by atoms with Gasteiger partial charge in [-0.05, 0) is 44.2 Å². The summed E-state index contributed by atoms with van der Waals surface area (Å²) in [6.07, 6.45) is 3.03. The Labute approximate surface area is 147 Å². The number of rotatable bonds is 4. The van der Waals surface area contributed by atoms with Crippen LogP contribution in [-0.2, 0) is 0 Å². The highest BCUT2D eigenvalue weighted by molar-refractivity contribution is 6.30. The Morgan fingerprint density at radius 3 is 2.50 bits per heavy atom. The van der Waals surface area contributed by atoms with Gasteiger partial charge in [-0.2, -0.15) is 0 Å². The highest BCUT2D eigenvalue weighted by Crippen LogP contribution is 2.30. The lowest BCUT2D eigenvalue weighted by atomic mass is 10.1. The summed E-state index contributed by atoms with van der Waals surface area (Å²) in [5.74, 6) is 0.408. The number of amides is 1. The molecule has 0 heterocycles. The van der Waals surface area contributed by atoms with Crippen molar-refractivity contribution in [2.45, 2.75) is 13.8 Å². The number of hydrogen-bond donors (Lipinski definition) is 0. The Bertz CT molecular complexity index is 770. The maximum absolute atomic E-state index is 12.4. The van der Waals surface area contributed by atoms with Gasteiger partial charge in [0, 0.05) is 29.5 Å². The summed E-state index contributed by atoms with van der Waals surface area (Å²) >= 11 is 6.08. The Balaban J connectivity index is 2.31. The van der Waals surface area contributed by atoms with Crippen LogP contribution in [0.25, 0.3) is 5.70 Å². The van der Waals surface area contributed by atoms with Gasteiger partial charge < -0.3 is 4.74 Å². The molecule has 0 bridgehead atoms. The molecule has 0 aliphatic heterocycles. The van der Waals surface area contributed by atoms with Gasteiger partial charge in [0.2, 0.25) is 0 Å². The summed E-state index contributed by atoms with van der Waals surface area (Å²) < 4.78 is 5.56. The number of benzene rings is 2. The first-order valence-electron chi connectivity index (χ1n) is 7.52. The maximum Gasteiger partial charge on any atom is 0.419 e. The van der Waals surface area contributed by atoms with E-state index in [-0.39, 0.29) is 0 Å². The van der Waals surface area contributed by atoms with Crippen LogP contribution in [0.15, 0.2) is 59.6 Å². The molecule has 2 rings (SSSR count). The fraction of sp³-hybridized carbons (Fsp3) is 0.158. The highest BCUT2D eigenvalue weighted by atomic mass is 35.5. The molecule has 0 spiro atoms. The van der Waals surface area contributed by atoms with Crippen molar-refractivity contribution in [3.05, 3.63) is 65.2 Å². The van der Waals surface area contributed by atoms with Crippen LogP contribution in [0, 0.1) is 0 Å². The fourth-order valence-corrected chi connectivity index (χ4v) is 2.32. The fourth-order valence-electron chi connectivity index (χ4n) is 2.15. The predicted octanol–water partition coefficient (Wildman–Crippen LogP) is 5.43. The highest BCUT2D eigenvalue weighted by Gasteiger charge is 2.17. The van der Waals surface area contributed by atoms with E-state index in [0.717, 1.165) is 5.69 Å². The van der Waals surface area contributed by atoms with E-state index in [1.165, 1.54) is 4.90 Å². The molecular weight excluding hydrogens is 324 g/mol. The first kappa shape index (κ1) is 17.8. The molecule has 5 heteroatoms. The molecular formula is C19H19ClN2O2. The van der Waals surface area contributed by atoms with Gasteiger partial charge in [-0.15, -0.1) is 0 Å². The van der Waals surface area contributed by atoms with Crippen molar-refractivity contribution in [2.75, 3.05) is 11.9 Å². The number of allylic oxidation sites excluding steroid dienone is 1. The smallest absolute Gasteiger partial charge is 0.409 e. The molecule has 0 radical (unpaired) electrons. The van der Waals surface area contributed by atoms with Crippen LogP contribution in [0.5, 0.6) is 5.75 Å². The van der Waals surface area contributed by atoms with E-state index < -0.39 is 6.09 Å². The molecule has 0 atom stereocenters. The minimum atomic E-state index is -0.485. The molecule has 2 aromatic carbocycles. The number of halogens is 1. The monoisotopic (exact) mass is 342 g/mol. The SMILES string of the molecule is CC=NC(=CC)c1cc(Cl)ccc1OC(=O)N(C)c1ccccc1. The van der Waals surface area contributed by atoms with Crippen molar-refractivity contribution >= 4 is 35.3 Å². The maximum atomic E-state index is 12.4. The Morgan fingerprint density at radius 2 is 1.88 bits per heavy atom. The molecule has 0 saturated carbocycles. The predicted molar refractivity (Wildman–Crippen MR) is 100 cm³/mol. The van der Waals surface area contributed by atoms with Crippen LogP contribution >= 0.6 is 11.6 Å². The average molecular weight is 343 g/mol. The largest absolute Gasteiger partial charge is 0.419 e. The van der Waals surface area contributed by atoms with Crippen molar-refractivity contribution in [1.82, 2.24) is 0 Å². The summed E-state index contributed by atoms with van der Waals surface area (Å²) in [6.45, 7) is 3.69. The van der Waals surface area contributed by atoms with Crippen LogP contribution in [0.3, 0.4) is 0 Å². The molecule has 0 aliphatic carbocycles. The van der Waals surface area contributed by atoms with Crippen LogP contribution in [-0.4, -0.2) is 19.4 Å². The van der Waals surface area contributed by atoms with Crippen molar-refractivity contribution in [2.24, 2.45) is 4.99 Å². The second kappa shape index (κ2) is 8.31. The van der Waals surface area contributed by atoms with E-state index in [2.05, 4.69) is 4.99 Å². The van der Waals surface area contributed by atoms with E-state index in [4.69, 9.17) is 16.3 Å². The Morgan fingerprint density at radius 1 is 1.17 bits per heavy atom. The van der Waals surface area contributed by atoms with Crippen LogP contribution < -0.4 is 9.64 Å². The van der Waals surface area contributed by atoms with Crippen LogP contribution in [0.2, 0.25) is 5.02 Å². The molecule has 1 amide bonds. The standard InChI is InChI=1S/C19H19ClN2O2/c1-4-17(21-5-2)16-13-14(20)11-12-18(16)24-19(23)22(3)15-9-7-6-8-10-15/h4-13H,1-3H3. The molecule has 24 heavy (non-hydrogen) atoms. The zero-order valence-electron chi connectivity index (χ0n) is 13.9. The van der Waals surface area contributed by atoms with Gasteiger partial charge in [0.15, 0.2) is 0 Å². The third-order valence-electron chi connectivity index (χ3n) is 3.37. The summed E-state index contributed by atoms with van der Waals surface area (Å²) in [4.78, 5) is 18.2. The summed E-state index contributed by atoms with van der Waals surface area (Å²) in [5.41, 5.74) is 2.10. The molecule has 0 fully saturated rings. The topological polar surface area (TPSA) is 41.9 Å². The molecule has 0 saturated heterocycles. The number of hydrogen-bond acceptors (Lipinski definition) is 3. The first-order valence-corrected chi connectivity index (χ1v) is 7.90. The van der Waals surface area contributed by atoms with E-state index in [0.29, 0.717) is 22.0 Å². The summed E-state index contributed by atoms with van der Waals surface area (Å²) in [6, 6.07) is 14.4. The van der Waals surface area contributed by atoms with E-state index in [1.54, 1.807) is 31.5 Å². The summed E-state index contributed by atoms with van der Waals surface area (Å²) in [5, 5.41) is 0.548. The molecule has 0 N–H and O–H groups in total. The lowest BCUT2D eigenvalue weighted by molar-refractivity contribution is 0.209. The van der Waals surface area contributed by atoms with Crippen molar-refractivity contribution < 1.29 is 9.53 Å².